The molecule has 0 aliphatic heterocycles. The molecule has 3 heteroatoms. The van der Waals surface area contributed by atoms with E-state index in [-0.39, 0.29) is 12.4 Å². The molecule has 19 heavy (non-hydrogen) atoms. The van der Waals surface area contributed by atoms with Crippen LogP contribution < -0.4 is 0 Å². The van der Waals surface area contributed by atoms with Crippen LogP contribution in [0.4, 0.5) is 4.39 Å². The van der Waals surface area contributed by atoms with Crippen molar-refractivity contribution in [2.75, 3.05) is 0 Å². The molecule has 2 rings (SSSR count). The second-order valence-electron chi connectivity index (χ2n) is 4.12. The number of hydrogen-bond donors (Lipinski definition) is 0. The molecule has 0 saturated carbocycles. The van der Waals surface area contributed by atoms with Crippen molar-refractivity contribution in [3.63, 3.8) is 0 Å². The quantitative estimate of drug-likeness (QED) is 0.588. The summed E-state index contributed by atoms with van der Waals surface area (Å²) in [5.41, 5.74) is 2.58. The monoisotopic (exact) mass is 256 g/mol. The smallest absolute Gasteiger partial charge is 0.145 e. The van der Waals surface area contributed by atoms with E-state index in [2.05, 4.69) is 18.3 Å². The molecule has 2 aromatic rings. The summed E-state index contributed by atoms with van der Waals surface area (Å²) in [6.45, 7) is 2.21. The Kier molecular flexibility index (Phi) is 4.67. The van der Waals surface area contributed by atoms with Crippen LogP contribution in [0.2, 0.25) is 0 Å². The number of nitrogens with zero attached hydrogens (tertiary/aromatic N) is 1. The van der Waals surface area contributed by atoms with Gasteiger partial charge in [-0.2, -0.15) is 0 Å². The first-order valence-electron chi connectivity index (χ1n) is 6.20. The SMILES string of the molecule is CCc1ccc(/[C]=N\OCc2ccccc2F)cc1. The molecule has 97 valence electrons. The number of benzene rings is 2. The van der Waals surface area contributed by atoms with Gasteiger partial charge in [-0.25, -0.2) is 4.39 Å². The minimum atomic E-state index is -0.287. The molecule has 0 heterocycles. The summed E-state index contributed by atoms with van der Waals surface area (Å²) in [5, 5.41) is 3.72. The summed E-state index contributed by atoms with van der Waals surface area (Å²) in [6, 6.07) is 14.4. The molecule has 0 saturated heterocycles. The zero-order chi connectivity index (χ0) is 13.5. The molecule has 0 fully saturated rings. The van der Waals surface area contributed by atoms with E-state index in [0.29, 0.717) is 5.56 Å². The van der Waals surface area contributed by atoms with Gasteiger partial charge in [0, 0.05) is 11.1 Å². The van der Waals surface area contributed by atoms with Gasteiger partial charge in [-0.1, -0.05) is 54.5 Å². The zero-order valence-electron chi connectivity index (χ0n) is 10.8. The van der Waals surface area contributed by atoms with E-state index < -0.39 is 0 Å². The predicted octanol–water partition coefficient (Wildman–Crippen LogP) is 3.82. The molecular formula is C16H15FNO. The number of halogens is 1. The van der Waals surface area contributed by atoms with Gasteiger partial charge in [-0.3, -0.25) is 0 Å². The molecule has 0 aromatic heterocycles. The highest BCUT2D eigenvalue weighted by Crippen LogP contribution is 2.08. The first-order chi connectivity index (χ1) is 9.29. The van der Waals surface area contributed by atoms with Gasteiger partial charge in [0.25, 0.3) is 0 Å². The topological polar surface area (TPSA) is 21.6 Å². The normalized spacial score (nSPS) is 10.8. The highest BCUT2D eigenvalue weighted by Gasteiger charge is 1.99. The highest BCUT2D eigenvalue weighted by atomic mass is 19.1. The Balaban J connectivity index is 1.88. The molecule has 2 aromatic carbocycles. The van der Waals surface area contributed by atoms with Crippen LogP contribution in [0, 0.1) is 5.82 Å². The lowest BCUT2D eigenvalue weighted by Gasteiger charge is -2.00. The first-order valence-corrected chi connectivity index (χ1v) is 6.20. The predicted molar refractivity (Wildman–Crippen MR) is 73.5 cm³/mol. The Morgan fingerprint density at radius 3 is 2.53 bits per heavy atom. The lowest BCUT2D eigenvalue weighted by Crippen LogP contribution is -1.92. The molecule has 0 N–H and O–H groups in total. The second-order valence-corrected chi connectivity index (χ2v) is 4.12. The molecule has 2 nitrogen and oxygen atoms in total. The van der Waals surface area contributed by atoms with E-state index in [9.17, 15) is 4.39 Å². The van der Waals surface area contributed by atoms with Gasteiger partial charge in [0.2, 0.25) is 0 Å². The van der Waals surface area contributed by atoms with Gasteiger partial charge in [0.05, 0.1) is 0 Å². The molecule has 0 aliphatic rings. The van der Waals surface area contributed by atoms with E-state index >= 15 is 0 Å². The summed E-state index contributed by atoms with van der Waals surface area (Å²) >= 11 is 0. The molecule has 0 unspecified atom stereocenters. The third kappa shape index (κ3) is 3.91. The molecule has 0 bridgehead atoms. The van der Waals surface area contributed by atoms with Gasteiger partial charge in [0.15, 0.2) is 0 Å². The summed E-state index contributed by atoms with van der Waals surface area (Å²) < 4.78 is 13.3. The van der Waals surface area contributed by atoms with E-state index in [1.165, 1.54) is 11.6 Å². The van der Waals surface area contributed by atoms with Crippen molar-refractivity contribution in [3.8, 4) is 0 Å². The van der Waals surface area contributed by atoms with E-state index in [0.717, 1.165) is 12.0 Å². The molecular weight excluding hydrogens is 241 g/mol. The van der Waals surface area contributed by atoms with Crippen LogP contribution in [0.3, 0.4) is 0 Å². The average Bonchev–Trinajstić information content (AvgIpc) is 2.46. The van der Waals surface area contributed by atoms with Crippen LogP contribution in [-0.4, -0.2) is 6.21 Å². The van der Waals surface area contributed by atoms with Gasteiger partial charge in [0.1, 0.15) is 18.6 Å². The number of aryl methyl sites for hydroxylation is 1. The summed E-state index contributed by atoms with van der Waals surface area (Å²) in [5.74, 6) is -0.287. The van der Waals surface area contributed by atoms with Gasteiger partial charge < -0.3 is 4.84 Å². The van der Waals surface area contributed by atoms with Gasteiger partial charge in [-0.15, -0.1) is 0 Å². The Morgan fingerprint density at radius 2 is 1.84 bits per heavy atom. The minimum Gasteiger partial charge on any atom is -0.390 e. The highest BCUT2D eigenvalue weighted by molar-refractivity contribution is 5.79. The average molecular weight is 256 g/mol. The van der Waals surface area contributed by atoms with Crippen molar-refractivity contribution in [1.82, 2.24) is 0 Å². The van der Waals surface area contributed by atoms with Gasteiger partial charge >= 0.3 is 0 Å². The van der Waals surface area contributed by atoms with Crippen molar-refractivity contribution in [2.24, 2.45) is 5.16 Å². The number of rotatable bonds is 5. The molecule has 1 radical (unpaired) electrons. The van der Waals surface area contributed by atoms with Crippen LogP contribution >= 0.6 is 0 Å². The maximum Gasteiger partial charge on any atom is 0.145 e. The summed E-state index contributed by atoms with van der Waals surface area (Å²) in [4.78, 5) is 5.03. The third-order valence-electron chi connectivity index (χ3n) is 2.78. The van der Waals surface area contributed by atoms with Crippen LogP contribution in [0.1, 0.15) is 23.6 Å². The summed E-state index contributed by atoms with van der Waals surface area (Å²) in [7, 11) is 0. The first kappa shape index (κ1) is 13.3. The maximum atomic E-state index is 13.3. The van der Waals surface area contributed by atoms with Crippen LogP contribution in [-0.2, 0) is 17.9 Å². The standard InChI is InChI=1S/C16H15FNO/c1-2-13-7-9-14(10-8-13)11-18-19-12-15-5-3-4-6-16(15)17/h3-10H,2,12H2,1H3. The third-order valence-corrected chi connectivity index (χ3v) is 2.78. The molecule has 0 amide bonds. The fourth-order valence-corrected chi connectivity index (χ4v) is 1.62. The van der Waals surface area contributed by atoms with Gasteiger partial charge in [-0.05, 0) is 18.1 Å². The Labute approximate surface area is 112 Å². The summed E-state index contributed by atoms with van der Waals surface area (Å²) in [6.07, 6.45) is 3.77. The Hall–Kier alpha value is -2.16. The maximum absolute atomic E-state index is 13.3. The fourth-order valence-electron chi connectivity index (χ4n) is 1.62. The Morgan fingerprint density at radius 1 is 1.11 bits per heavy atom. The lowest BCUT2D eigenvalue weighted by molar-refractivity contribution is 0.129. The van der Waals surface area contributed by atoms with Crippen LogP contribution in [0.5, 0.6) is 0 Å². The van der Waals surface area contributed by atoms with E-state index in [1.807, 2.05) is 24.3 Å². The lowest BCUT2D eigenvalue weighted by atomic mass is 10.1. The van der Waals surface area contributed by atoms with E-state index in [1.54, 1.807) is 18.2 Å². The minimum absolute atomic E-state index is 0.104. The van der Waals surface area contributed by atoms with Crippen molar-refractivity contribution >= 4 is 6.21 Å². The molecule has 0 atom stereocenters. The van der Waals surface area contributed by atoms with Crippen molar-refractivity contribution in [3.05, 3.63) is 71.0 Å². The van der Waals surface area contributed by atoms with Crippen LogP contribution in [0.15, 0.2) is 53.7 Å². The fraction of sp³-hybridized carbons (Fsp3) is 0.188. The van der Waals surface area contributed by atoms with E-state index in [4.69, 9.17) is 4.84 Å². The van der Waals surface area contributed by atoms with Crippen molar-refractivity contribution in [1.29, 1.82) is 0 Å². The zero-order valence-corrected chi connectivity index (χ0v) is 10.8. The second kappa shape index (κ2) is 6.69. The molecule has 0 aliphatic carbocycles. The van der Waals surface area contributed by atoms with Crippen molar-refractivity contribution in [2.45, 2.75) is 20.0 Å². The number of hydrogen-bond acceptors (Lipinski definition) is 2. The van der Waals surface area contributed by atoms with Crippen LogP contribution in [0.25, 0.3) is 0 Å². The Bertz CT molecular complexity index is 549. The largest absolute Gasteiger partial charge is 0.390 e. The molecule has 0 spiro atoms. The van der Waals surface area contributed by atoms with Crippen molar-refractivity contribution < 1.29 is 9.23 Å².